The average molecular weight is 477 g/mol. The van der Waals surface area contributed by atoms with Gasteiger partial charge in [0.1, 0.15) is 18.2 Å². The third-order valence-corrected chi connectivity index (χ3v) is 7.85. The Morgan fingerprint density at radius 2 is 1.54 bits per heavy atom. The van der Waals surface area contributed by atoms with E-state index in [9.17, 15) is 19.5 Å². The highest BCUT2D eigenvalue weighted by molar-refractivity contribution is 5.93. The highest BCUT2D eigenvalue weighted by Gasteiger charge is 2.47. The van der Waals surface area contributed by atoms with E-state index in [4.69, 9.17) is 4.74 Å². The van der Waals surface area contributed by atoms with Gasteiger partial charge in [0, 0.05) is 12.5 Å². The standard InChI is InChI=1S/C28H32N2O5/c31-25(32)24-14-6-9-17-30(24)26(33)28(15-7-1-8-16-28)29-27(34)35-18-23-21-12-4-2-10-19(21)20-11-3-5-13-22(20)23/h2-5,10-13,23-24H,1,6-9,14-18H2,(H,29,34)(H,31,32). The number of hydrogen-bond donors (Lipinski definition) is 2. The minimum absolute atomic E-state index is 0.0651. The molecule has 2 aromatic rings. The van der Waals surface area contributed by atoms with Gasteiger partial charge in [-0.1, -0.05) is 67.8 Å². The number of carboxylic acid groups (broad SMARTS) is 1. The van der Waals surface area contributed by atoms with Gasteiger partial charge in [0.15, 0.2) is 0 Å². The van der Waals surface area contributed by atoms with Crippen LogP contribution in [0.3, 0.4) is 0 Å². The Labute approximate surface area is 205 Å². The van der Waals surface area contributed by atoms with Gasteiger partial charge in [0.05, 0.1) is 0 Å². The van der Waals surface area contributed by atoms with Crippen LogP contribution in [-0.4, -0.2) is 52.7 Å². The van der Waals surface area contributed by atoms with E-state index in [-0.39, 0.29) is 18.4 Å². The first-order chi connectivity index (χ1) is 17.0. The molecular weight excluding hydrogens is 444 g/mol. The number of piperidine rings is 1. The van der Waals surface area contributed by atoms with E-state index in [0.717, 1.165) is 54.4 Å². The zero-order chi connectivity index (χ0) is 24.4. The molecule has 0 aromatic heterocycles. The van der Waals surface area contributed by atoms with Crippen LogP contribution in [0.5, 0.6) is 0 Å². The summed E-state index contributed by atoms with van der Waals surface area (Å²) < 4.78 is 5.74. The lowest BCUT2D eigenvalue weighted by Crippen LogP contribution is -2.63. The lowest BCUT2D eigenvalue weighted by Gasteiger charge is -2.43. The molecule has 1 unspecified atom stereocenters. The Hall–Kier alpha value is -3.35. The number of ether oxygens (including phenoxy) is 1. The number of benzene rings is 2. The van der Waals surface area contributed by atoms with Crippen molar-refractivity contribution in [2.75, 3.05) is 13.2 Å². The Balaban J connectivity index is 1.32. The first-order valence-electron chi connectivity index (χ1n) is 12.7. The van der Waals surface area contributed by atoms with Crippen molar-refractivity contribution in [2.45, 2.75) is 68.9 Å². The van der Waals surface area contributed by atoms with Crippen LogP contribution in [-0.2, 0) is 14.3 Å². The number of likely N-dealkylation sites (tertiary alicyclic amines) is 1. The molecule has 1 heterocycles. The summed E-state index contributed by atoms with van der Waals surface area (Å²) in [6.45, 7) is 0.579. The molecule has 184 valence electrons. The number of carbonyl (C=O) groups excluding carboxylic acids is 2. The van der Waals surface area contributed by atoms with E-state index in [2.05, 4.69) is 29.6 Å². The highest BCUT2D eigenvalue weighted by atomic mass is 16.5. The van der Waals surface area contributed by atoms with Crippen molar-refractivity contribution in [3.05, 3.63) is 59.7 Å². The van der Waals surface area contributed by atoms with Crippen molar-refractivity contribution in [1.82, 2.24) is 10.2 Å². The van der Waals surface area contributed by atoms with Crippen molar-refractivity contribution in [1.29, 1.82) is 0 Å². The maximum absolute atomic E-state index is 13.7. The second kappa shape index (κ2) is 9.72. The average Bonchev–Trinajstić information content (AvgIpc) is 3.21. The van der Waals surface area contributed by atoms with Crippen molar-refractivity contribution < 1.29 is 24.2 Å². The Bertz CT molecular complexity index is 1080. The number of fused-ring (bicyclic) bond motifs is 3. The molecule has 1 saturated carbocycles. The fourth-order valence-corrected chi connectivity index (χ4v) is 6.08. The van der Waals surface area contributed by atoms with Crippen LogP contribution in [0.25, 0.3) is 11.1 Å². The molecule has 0 spiro atoms. The summed E-state index contributed by atoms with van der Waals surface area (Å²) in [6.07, 6.45) is 4.99. The zero-order valence-electron chi connectivity index (χ0n) is 19.9. The van der Waals surface area contributed by atoms with Gasteiger partial charge in [-0.3, -0.25) is 4.79 Å². The molecule has 2 amide bonds. The van der Waals surface area contributed by atoms with E-state index in [1.165, 1.54) is 4.90 Å². The van der Waals surface area contributed by atoms with Gasteiger partial charge in [0.2, 0.25) is 5.91 Å². The van der Waals surface area contributed by atoms with Crippen LogP contribution >= 0.6 is 0 Å². The van der Waals surface area contributed by atoms with Crippen LogP contribution in [0.1, 0.15) is 68.4 Å². The molecule has 2 aliphatic carbocycles. The summed E-state index contributed by atoms with van der Waals surface area (Å²) >= 11 is 0. The largest absolute Gasteiger partial charge is 0.480 e. The number of hydrogen-bond acceptors (Lipinski definition) is 4. The van der Waals surface area contributed by atoms with E-state index >= 15 is 0 Å². The molecular formula is C28H32N2O5. The quantitative estimate of drug-likeness (QED) is 0.653. The maximum Gasteiger partial charge on any atom is 0.408 e. The molecule has 3 aliphatic rings. The minimum Gasteiger partial charge on any atom is -0.480 e. The predicted molar refractivity (Wildman–Crippen MR) is 131 cm³/mol. The van der Waals surface area contributed by atoms with Gasteiger partial charge in [-0.15, -0.1) is 0 Å². The van der Waals surface area contributed by atoms with Gasteiger partial charge in [-0.05, 0) is 54.4 Å². The summed E-state index contributed by atoms with van der Waals surface area (Å²) in [5.41, 5.74) is 3.46. The molecule has 2 N–H and O–H groups in total. The van der Waals surface area contributed by atoms with E-state index in [0.29, 0.717) is 25.8 Å². The number of nitrogens with zero attached hydrogens (tertiary/aromatic N) is 1. The molecule has 2 fully saturated rings. The van der Waals surface area contributed by atoms with Crippen LogP contribution in [0.4, 0.5) is 4.79 Å². The third kappa shape index (κ3) is 4.40. The number of carboxylic acids is 1. The number of carbonyl (C=O) groups is 3. The topological polar surface area (TPSA) is 95.9 Å². The number of aliphatic carboxylic acids is 1. The lowest BCUT2D eigenvalue weighted by molar-refractivity contribution is -0.156. The first-order valence-corrected chi connectivity index (χ1v) is 12.7. The molecule has 1 saturated heterocycles. The highest BCUT2D eigenvalue weighted by Crippen LogP contribution is 2.44. The molecule has 7 nitrogen and oxygen atoms in total. The number of amides is 2. The van der Waals surface area contributed by atoms with Gasteiger partial charge in [-0.25, -0.2) is 9.59 Å². The van der Waals surface area contributed by atoms with Crippen molar-refractivity contribution in [2.24, 2.45) is 0 Å². The summed E-state index contributed by atoms with van der Waals surface area (Å²) in [5, 5.41) is 12.6. The van der Waals surface area contributed by atoms with Gasteiger partial charge in [-0.2, -0.15) is 0 Å². The lowest BCUT2D eigenvalue weighted by atomic mass is 9.79. The van der Waals surface area contributed by atoms with E-state index < -0.39 is 23.6 Å². The number of rotatable bonds is 5. The Morgan fingerprint density at radius 1 is 0.914 bits per heavy atom. The van der Waals surface area contributed by atoms with E-state index in [1.807, 2.05) is 24.3 Å². The minimum atomic E-state index is -1.11. The molecule has 0 bridgehead atoms. The van der Waals surface area contributed by atoms with Crippen LogP contribution < -0.4 is 5.32 Å². The summed E-state index contributed by atoms with van der Waals surface area (Å²) in [4.78, 5) is 40.1. The van der Waals surface area contributed by atoms with Crippen molar-refractivity contribution in [3.63, 3.8) is 0 Å². The van der Waals surface area contributed by atoms with Gasteiger partial charge in [0.25, 0.3) is 0 Å². The second-order valence-electron chi connectivity index (χ2n) is 9.94. The second-order valence-corrected chi connectivity index (χ2v) is 9.94. The van der Waals surface area contributed by atoms with Crippen molar-refractivity contribution >= 4 is 18.0 Å². The fraction of sp³-hybridized carbons (Fsp3) is 0.464. The summed E-state index contributed by atoms with van der Waals surface area (Å²) in [6, 6.07) is 15.5. The summed E-state index contributed by atoms with van der Waals surface area (Å²) in [5.74, 6) is -1.33. The van der Waals surface area contributed by atoms with Crippen molar-refractivity contribution in [3.8, 4) is 11.1 Å². The van der Waals surface area contributed by atoms with Gasteiger partial charge >= 0.3 is 12.1 Å². The monoisotopic (exact) mass is 476 g/mol. The van der Waals surface area contributed by atoms with Crippen LogP contribution in [0.15, 0.2) is 48.5 Å². The molecule has 1 aliphatic heterocycles. The normalized spacial score (nSPS) is 21.0. The fourth-order valence-electron chi connectivity index (χ4n) is 6.08. The third-order valence-electron chi connectivity index (χ3n) is 7.85. The molecule has 0 radical (unpaired) electrons. The molecule has 35 heavy (non-hydrogen) atoms. The first kappa shape index (κ1) is 23.4. The molecule has 1 atom stereocenters. The maximum atomic E-state index is 13.7. The van der Waals surface area contributed by atoms with Crippen LogP contribution in [0.2, 0.25) is 0 Å². The number of nitrogens with one attached hydrogen (secondary N) is 1. The molecule has 5 rings (SSSR count). The smallest absolute Gasteiger partial charge is 0.408 e. The number of alkyl carbamates (subject to hydrolysis) is 1. The van der Waals surface area contributed by atoms with Crippen LogP contribution in [0, 0.1) is 0 Å². The Kier molecular flexibility index (Phi) is 6.50. The zero-order valence-corrected chi connectivity index (χ0v) is 19.9. The Morgan fingerprint density at radius 3 is 2.17 bits per heavy atom. The molecule has 7 heteroatoms. The van der Waals surface area contributed by atoms with Gasteiger partial charge < -0.3 is 20.1 Å². The summed E-state index contributed by atoms with van der Waals surface area (Å²) in [7, 11) is 0. The predicted octanol–water partition coefficient (Wildman–Crippen LogP) is 4.69. The SMILES string of the molecule is O=C(NC1(C(=O)N2CCCCC2C(=O)O)CCCCC1)OCC1c2ccccc2-c2ccccc21. The van der Waals surface area contributed by atoms with E-state index in [1.54, 1.807) is 0 Å². The molecule has 2 aromatic carbocycles.